The maximum Gasteiger partial charge on any atom is 0.254 e. The first kappa shape index (κ1) is 18.5. The summed E-state index contributed by atoms with van der Waals surface area (Å²) >= 11 is 0. The van der Waals surface area contributed by atoms with Crippen LogP contribution in [-0.2, 0) is 4.79 Å². The Morgan fingerprint density at radius 1 is 1.07 bits per heavy atom. The molecular weight excluding hydrogens is 370 g/mol. The summed E-state index contributed by atoms with van der Waals surface area (Å²) < 4.78 is 1.55. The van der Waals surface area contributed by atoms with Crippen molar-refractivity contribution in [2.45, 2.75) is 50.6 Å². The van der Waals surface area contributed by atoms with Crippen molar-refractivity contribution in [3.63, 3.8) is 0 Å². The number of aromatic nitrogens is 4. The normalized spacial score (nSPS) is 24.0. The van der Waals surface area contributed by atoms with E-state index in [9.17, 15) is 9.59 Å². The Hall–Kier alpha value is -2.55. The Morgan fingerprint density at radius 2 is 1.90 bits per heavy atom. The van der Waals surface area contributed by atoms with Gasteiger partial charge in [0, 0.05) is 43.5 Å². The minimum atomic E-state index is 0.0364. The molecule has 29 heavy (non-hydrogen) atoms. The van der Waals surface area contributed by atoms with Crippen LogP contribution in [0.25, 0.3) is 5.65 Å². The highest BCUT2D eigenvalue weighted by molar-refractivity contribution is 5.95. The Bertz CT molecular complexity index is 901. The summed E-state index contributed by atoms with van der Waals surface area (Å²) in [4.78, 5) is 29.7. The molecular formula is C20H27N7O2. The first-order chi connectivity index (χ1) is 14.2. The highest BCUT2D eigenvalue weighted by Gasteiger charge is 2.34. The van der Waals surface area contributed by atoms with Gasteiger partial charge in [0.05, 0.1) is 5.92 Å². The molecule has 1 saturated carbocycles. The quantitative estimate of drug-likeness (QED) is 0.817. The average molecular weight is 397 g/mol. The summed E-state index contributed by atoms with van der Waals surface area (Å²) in [7, 11) is 0. The van der Waals surface area contributed by atoms with Crippen molar-refractivity contribution in [1.29, 1.82) is 0 Å². The van der Waals surface area contributed by atoms with Crippen LogP contribution in [0.5, 0.6) is 0 Å². The number of hydrogen-bond acceptors (Lipinski definition) is 6. The lowest BCUT2D eigenvalue weighted by atomic mass is 9.93. The maximum atomic E-state index is 12.9. The Morgan fingerprint density at radius 3 is 2.69 bits per heavy atom. The van der Waals surface area contributed by atoms with Gasteiger partial charge in [0.2, 0.25) is 5.91 Å². The maximum absolute atomic E-state index is 12.9. The molecule has 0 bridgehead atoms. The van der Waals surface area contributed by atoms with E-state index in [1.807, 2.05) is 4.90 Å². The minimum Gasteiger partial charge on any atom is -0.353 e. The average Bonchev–Trinajstić information content (AvgIpc) is 3.46. The molecule has 154 valence electrons. The molecule has 2 saturated heterocycles. The molecule has 2 aromatic rings. The summed E-state index contributed by atoms with van der Waals surface area (Å²) in [6.45, 7) is 3.40. The first-order valence-corrected chi connectivity index (χ1v) is 10.7. The number of piperidine rings is 2. The molecule has 3 fully saturated rings. The van der Waals surface area contributed by atoms with Crippen LogP contribution in [0.15, 0.2) is 18.3 Å². The number of carbonyl (C=O) groups is 2. The zero-order valence-electron chi connectivity index (χ0n) is 16.5. The van der Waals surface area contributed by atoms with E-state index in [0.29, 0.717) is 23.3 Å². The van der Waals surface area contributed by atoms with Crippen molar-refractivity contribution in [2.24, 2.45) is 5.92 Å². The van der Waals surface area contributed by atoms with Gasteiger partial charge >= 0.3 is 0 Å². The molecule has 3 aliphatic rings. The first-order valence-electron chi connectivity index (χ1n) is 10.7. The van der Waals surface area contributed by atoms with E-state index in [0.717, 1.165) is 64.7 Å². The predicted molar refractivity (Wildman–Crippen MR) is 105 cm³/mol. The van der Waals surface area contributed by atoms with Gasteiger partial charge in [-0.15, -0.1) is 5.10 Å². The van der Waals surface area contributed by atoms with E-state index < -0.39 is 0 Å². The molecule has 0 spiro atoms. The monoisotopic (exact) mass is 397 g/mol. The zero-order chi connectivity index (χ0) is 19.8. The molecule has 9 heteroatoms. The molecule has 2 aliphatic heterocycles. The molecule has 2 amide bonds. The number of tetrazole rings is 1. The van der Waals surface area contributed by atoms with Gasteiger partial charge in [-0.3, -0.25) is 14.5 Å². The highest BCUT2D eigenvalue weighted by Crippen LogP contribution is 2.26. The van der Waals surface area contributed by atoms with Crippen molar-refractivity contribution in [3.05, 3.63) is 23.9 Å². The Kier molecular flexibility index (Phi) is 4.91. The lowest BCUT2D eigenvalue weighted by Crippen LogP contribution is -2.51. The summed E-state index contributed by atoms with van der Waals surface area (Å²) in [5.41, 5.74) is 1.20. The fourth-order valence-electron chi connectivity index (χ4n) is 4.59. The molecule has 0 radical (unpaired) electrons. The van der Waals surface area contributed by atoms with E-state index in [4.69, 9.17) is 0 Å². The second-order valence-electron chi connectivity index (χ2n) is 8.54. The number of nitrogens with one attached hydrogen (secondary N) is 1. The van der Waals surface area contributed by atoms with Crippen molar-refractivity contribution in [1.82, 2.24) is 35.2 Å². The predicted octanol–water partition coefficient (Wildman–Crippen LogP) is 0.720. The third-order valence-electron chi connectivity index (χ3n) is 6.46. The van der Waals surface area contributed by atoms with Gasteiger partial charge in [-0.2, -0.15) is 0 Å². The number of fused-ring (bicyclic) bond motifs is 1. The van der Waals surface area contributed by atoms with Gasteiger partial charge in [-0.05, 0) is 67.6 Å². The second-order valence-corrected chi connectivity index (χ2v) is 8.54. The van der Waals surface area contributed by atoms with E-state index in [2.05, 4.69) is 25.7 Å². The molecule has 2 aromatic heterocycles. The van der Waals surface area contributed by atoms with Gasteiger partial charge in [-0.1, -0.05) is 0 Å². The van der Waals surface area contributed by atoms with Gasteiger partial charge < -0.3 is 10.2 Å². The number of amides is 2. The number of likely N-dealkylation sites (tertiary alicyclic amines) is 2. The fraction of sp³-hybridized carbons (Fsp3) is 0.650. The van der Waals surface area contributed by atoms with Crippen LogP contribution in [0.4, 0.5) is 0 Å². The fourth-order valence-corrected chi connectivity index (χ4v) is 4.59. The smallest absolute Gasteiger partial charge is 0.254 e. The standard InChI is InChI=1S/C20H27N7O2/c28-19(21-16-3-4-16)15-2-1-8-26(13-15)17-6-9-25(10-7-17)20(29)14-5-11-27-18(12-14)22-23-24-27/h5,11-12,15-17H,1-4,6-10,13H2,(H,21,28). The molecule has 5 rings (SSSR count). The van der Waals surface area contributed by atoms with Crippen LogP contribution >= 0.6 is 0 Å². The van der Waals surface area contributed by atoms with Gasteiger partial charge in [0.25, 0.3) is 5.91 Å². The van der Waals surface area contributed by atoms with Crippen LogP contribution in [-0.4, -0.2) is 79.9 Å². The summed E-state index contributed by atoms with van der Waals surface area (Å²) in [5, 5.41) is 14.5. The van der Waals surface area contributed by atoms with E-state index in [1.165, 1.54) is 0 Å². The van der Waals surface area contributed by atoms with Crippen LogP contribution in [0.2, 0.25) is 0 Å². The number of rotatable bonds is 4. The number of nitrogens with zero attached hydrogens (tertiary/aromatic N) is 6. The molecule has 9 nitrogen and oxygen atoms in total. The highest BCUT2D eigenvalue weighted by atomic mass is 16.2. The van der Waals surface area contributed by atoms with E-state index >= 15 is 0 Å². The van der Waals surface area contributed by atoms with Crippen molar-refractivity contribution < 1.29 is 9.59 Å². The van der Waals surface area contributed by atoms with Gasteiger partial charge in [0.15, 0.2) is 5.65 Å². The lowest BCUT2D eigenvalue weighted by molar-refractivity contribution is -0.127. The van der Waals surface area contributed by atoms with Gasteiger partial charge in [-0.25, -0.2) is 4.52 Å². The van der Waals surface area contributed by atoms with E-state index in [1.54, 1.807) is 22.8 Å². The molecule has 1 unspecified atom stereocenters. The summed E-state index contributed by atoms with van der Waals surface area (Å²) in [5.74, 6) is 0.393. The van der Waals surface area contributed by atoms with Gasteiger partial charge in [0.1, 0.15) is 0 Å². The van der Waals surface area contributed by atoms with E-state index in [-0.39, 0.29) is 17.7 Å². The number of carbonyl (C=O) groups excluding carboxylic acids is 2. The Balaban J connectivity index is 1.16. The number of pyridine rings is 1. The molecule has 1 N–H and O–H groups in total. The third kappa shape index (κ3) is 3.96. The number of hydrogen-bond donors (Lipinski definition) is 1. The zero-order valence-corrected chi connectivity index (χ0v) is 16.5. The minimum absolute atomic E-state index is 0.0364. The Labute approximate surface area is 169 Å². The van der Waals surface area contributed by atoms with Crippen LogP contribution in [0.1, 0.15) is 48.9 Å². The summed E-state index contributed by atoms with van der Waals surface area (Å²) in [6, 6.07) is 4.40. The van der Waals surface area contributed by atoms with Crippen LogP contribution in [0, 0.1) is 5.92 Å². The third-order valence-corrected chi connectivity index (χ3v) is 6.46. The molecule has 1 aliphatic carbocycles. The molecule has 0 aromatic carbocycles. The van der Waals surface area contributed by atoms with Crippen molar-refractivity contribution >= 4 is 17.5 Å². The van der Waals surface area contributed by atoms with Crippen LogP contribution < -0.4 is 5.32 Å². The SMILES string of the molecule is O=C(NC1CC1)C1CCCN(C2CCN(C(=O)c3ccn4nnnc4c3)CC2)C1. The van der Waals surface area contributed by atoms with Crippen molar-refractivity contribution in [3.8, 4) is 0 Å². The largest absolute Gasteiger partial charge is 0.353 e. The topological polar surface area (TPSA) is 95.7 Å². The van der Waals surface area contributed by atoms with Crippen molar-refractivity contribution in [2.75, 3.05) is 26.2 Å². The second kappa shape index (κ2) is 7.70. The summed E-state index contributed by atoms with van der Waals surface area (Å²) in [6.07, 6.45) is 7.97. The lowest BCUT2D eigenvalue weighted by Gasteiger charge is -2.42. The molecule has 1 atom stereocenters. The van der Waals surface area contributed by atoms with Crippen LogP contribution in [0.3, 0.4) is 0 Å². The molecule has 4 heterocycles.